The van der Waals surface area contributed by atoms with Gasteiger partial charge in [0.15, 0.2) is 6.29 Å². The first-order valence-electron chi connectivity index (χ1n) is 9.89. The molecule has 3 nitrogen and oxygen atoms in total. The molecular weight excluding hydrogens is 377 g/mol. The van der Waals surface area contributed by atoms with E-state index in [1.807, 2.05) is 18.2 Å². The molecule has 2 aromatic carbocycles. The molecule has 2 aromatic rings. The quantitative estimate of drug-likeness (QED) is 0.644. The third kappa shape index (κ3) is 2.96. The van der Waals surface area contributed by atoms with E-state index in [1.165, 1.54) is 49.9 Å². The average Bonchev–Trinajstić information content (AvgIpc) is 3.37. The van der Waals surface area contributed by atoms with E-state index >= 15 is 0 Å². The second-order valence-corrected chi connectivity index (χ2v) is 9.17. The average molecular weight is 402 g/mol. The fraction of sp³-hybridized carbons (Fsp3) is 0.455. The molecule has 1 aliphatic heterocycles. The van der Waals surface area contributed by atoms with Gasteiger partial charge in [0.05, 0.1) is 27.1 Å². The molecule has 2 fully saturated rings. The molecule has 1 N–H and O–H groups in total. The van der Waals surface area contributed by atoms with Gasteiger partial charge in [0.2, 0.25) is 0 Å². The third-order valence-corrected chi connectivity index (χ3v) is 7.40. The molecule has 0 radical (unpaired) electrons. The summed E-state index contributed by atoms with van der Waals surface area (Å²) >= 11 is 12.9. The Hall–Kier alpha value is -1.58. The number of nitrogens with zero attached hydrogens (tertiary/aromatic N) is 2. The maximum atomic E-state index is 6.46. The Morgan fingerprint density at radius 1 is 0.889 bits per heavy atom. The van der Waals surface area contributed by atoms with E-state index in [1.54, 1.807) is 0 Å². The third-order valence-electron chi connectivity index (χ3n) is 6.77. The summed E-state index contributed by atoms with van der Waals surface area (Å²) in [5.74, 6) is 0. The van der Waals surface area contributed by atoms with Crippen LogP contribution in [-0.4, -0.2) is 19.4 Å². The molecule has 1 atom stereocenters. The first-order chi connectivity index (χ1) is 13.1. The van der Waals surface area contributed by atoms with Crippen LogP contribution in [0.4, 0.5) is 17.1 Å². The van der Waals surface area contributed by atoms with Crippen LogP contribution >= 0.6 is 23.2 Å². The maximum Gasteiger partial charge on any atom is 0.179 e. The highest BCUT2D eigenvalue weighted by Gasteiger charge is 2.48. The van der Waals surface area contributed by atoms with Gasteiger partial charge in [-0.05, 0) is 68.2 Å². The first kappa shape index (κ1) is 17.5. The van der Waals surface area contributed by atoms with Crippen LogP contribution in [0.3, 0.4) is 0 Å². The zero-order valence-corrected chi connectivity index (χ0v) is 17.1. The molecular formula is C22H25Cl2N3. The highest BCUT2D eigenvalue weighted by molar-refractivity contribution is 6.39. The molecule has 1 spiro atoms. The standard InChI is InChI=1S/C22H25Cl2N3/c1-26-18-7-2-3-8-19(18)27(15-9-11-22(12-10-15)13-14-22)21(26)25-20-16(23)5-4-6-17(20)24/h2-8,15,21,25H,9-14H2,1H3. The van der Waals surface area contributed by atoms with E-state index in [0.29, 0.717) is 21.5 Å². The molecule has 0 aromatic heterocycles. The van der Waals surface area contributed by atoms with E-state index < -0.39 is 0 Å². The predicted octanol–water partition coefficient (Wildman–Crippen LogP) is 6.37. The molecule has 0 amide bonds. The Morgan fingerprint density at radius 3 is 2.15 bits per heavy atom. The minimum absolute atomic E-state index is 0.0121. The van der Waals surface area contributed by atoms with Gasteiger partial charge >= 0.3 is 0 Å². The fourth-order valence-corrected chi connectivity index (χ4v) is 5.43. The monoisotopic (exact) mass is 401 g/mol. The highest BCUT2D eigenvalue weighted by Crippen LogP contribution is 2.57. The number of hydrogen-bond acceptors (Lipinski definition) is 3. The SMILES string of the molecule is CN1c2ccccc2N(C2CCC3(CC2)CC3)C1Nc1c(Cl)cccc1Cl. The van der Waals surface area contributed by atoms with Gasteiger partial charge in [0, 0.05) is 13.1 Å². The van der Waals surface area contributed by atoms with Gasteiger partial charge < -0.3 is 15.1 Å². The summed E-state index contributed by atoms with van der Waals surface area (Å²) in [6.45, 7) is 0. The lowest BCUT2D eigenvalue weighted by Gasteiger charge is -2.41. The minimum Gasteiger partial charge on any atom is -0.346 e. The van der Waals surface area contributed by atoms with Gasteiger partial charge in [-0.2, -0.15) is 0 Å². The van der Waals surface area contributed by atoms with Crippen molar-refractivity contribution in [2.75, 3.05) is 22.2 Å². The van der Waals surface area contributed by atoms with Crippen LogP contribution < -0.4 is 15.1 Å². The van der Waals surface area contributed by atoms with Gasteiger partial charge in [0.1, 0.15) is 0 Å². The number of hydrogen-bond donors (Lipinski definition) is 1. The van der Waals surface area contributed by atoms with Gasteiger partial charge in [-0.3, -0.25) is 0 Å². The second kappa shape index (κ2) is 6.49. The van der Waals surface area contributed by atoms with Crippen LogP contribution in [0, 0.1) is 5.41 Å². The predicted molar refractivity (Wildman–Crippen MR) is 115 cm³/mol. The minimum atomic E-state index is 0.0121. The van der Waals surface area contributed by atoms with Crippen LogP contribution in [0.1, 0.15) is 38.5 Å². The topological polar surface area (TPSA) is 18.5 Å². The summed E-state index contributed by atoms with van der Waals surface area (Å²) < 4.78 is 0. The summed E-state index contributed by atoms with van der Waals surface area (Å²) in [5, 5.41) is 4.97. The summed E-state index contributed by atoms with van der Waals surface area (Å²) in [6, 6.07) is 14.9. The summed E-state index contributed by atoms with van der Waals surface area (Å²) in [7, 11) is 2.15. The van der Waals surface area contributed by atoms with E-state index in [0.717, 1.165) is 5.69 Å². The van der Waals surface area contributed by atoms with Crippen molar-refractivity contribution >= 4 is 40.3 Å². The van der Waals surface area contributed by atoms with Crippen LogP contribution in [-0.2, 0) is 0 Å². The number of fused-ring (bicyclic) bond motifs is 1. The number of anilines is 3. The van der Waals surface area contributed by atoms with Crippen molar-refractivity contribution in [3.63, 3.8) is 0 Å². The molecule has 2 aliphatic carbocycles. The van der Waals surface area contributed by atoms with E-state index in [4.69, 9.17) is 23.2 Å². The fourth-order valence-electron chi connectivity index (χ4n) is 4.93. The largest absolute Gasteiger partial charge is 0.346 e. The van der Waals surface area contributed by atoms with Crippen molar-refractivity contribution in [1.29, 1.82) is 0 Å². The zero-order valence-electron chi connectivity index (χ0n) is 15.6. The molecule has 1 heterocycles. The van der Waals surface area contributed by atoms with Crippen molar-refractivity contribution in [2.45, 2.75) is 50.9 Å². The van der Waals surface area contributed by atoms with E-state index in [9.17, 15) is 0 Å². The van der Waals surface area contributed by atoms with Crippen LogP contribution in [0.15, 0.2) is 42.5 Å². The molecule has 27 heavy (non-hydrogen) atoms. The summed E-state index contributed by atoms with van der Waals surface area (Å²) in [6.07, 6.45) is 8.13. The highest BCUT2D eigenvalue weighted by atomic mass is 35.5. The molecule has 3 aliphatic rings. The molecule has 0 saturated heterocycles. The van der Waals surface area contributed by atoms with Crippen molar-refractivity contribution in [3.8, 4) is 0 Å². The lowest BCUT2D eigenvalue weighted by Crippen LogP contribution is -2.52. The number of halogens is 2. The van der Waals surface area contributed by atoms with Gasteiger partial charge in [0.25, 0.3) is 0 Å². The summed E-state index contributed by atoms with van der Waals surface area (Å²) in [5.41, 5.74) is 4.06. The van der Waals surface area contributed by atoms with Crippen LogP contribution in [0.2, 0.25) is 10.0 Å². The lowest BCUT2D eigenvalue weighted by atomic mass is 9.82. The normalized spacial score (nSPS) is 23.6. The Labute approximate surface area is 171 Å². The molecule has 2 saturated carbocycles. The lowest BCUT2D eigenvalue weighted by molar-refractivity contribution is 0.291. The van der Waals surface area contributed by atoms with Crippen molar-refractivity contribution in [3.05, 3.63) is 52.5 Å². The van der Waals surface area contributed by atoms with Crippen LogP contribution in [0.25, 0.3) is 0 Å². The molecule has 0 bridgehead atoms. The molecule has 5 heteroatoms. The molecule has 5 rings (SSSR count). The van der Waals surface area contributed by atoms with Gasteiger partial charge in [-0.25, -0.2) is 0 Å². The Bertz CT molecular complexity index is 834. The van der Waals surface area contributed by atoms with Gasteiger partial charge in [-0.1, -0.05) is 41.4 Å². The summed E-state index contributed by atoms with van der Waals surface area (Å²) in [4.78, 5) is 4.86. The van der Waals surface area contributed by atoms with Crippen molar-refractivity contribution < 1.29 is 0 Å². The number of rotatable bonds is 3. The molecule has 1 unspecified atom stereocenters. The Kier molecular flexibility index (Phi) is 4.21. The van der Waals surface area contributed by atoms with Crippen molar-refractivity contribution in [2.24, 2.45) is 5.41 Å². The maximum absolute atomic E-state index is 6.46. The van der Waals surface area contributed by atoms with E-state index in [2.05, 4.69) is 46.4 Å². The Morgan fingerprint density at radius 2 is 1.52 bits per heavy atom. The van der Waals surface area contributed by atoms with Crippen molar-refractivity contribution in [1.82, 2.24) is 0 Å². The number of para-hydroxylation sites is 3. The second-order valence-electron chi connectivity index (χ2n) is 8.35. The van der Waals surface area contributed by atoms with Gasteiger partial charge in [-0.15, -0.1) is 0 Å². The first-order valence-corrected chi connectivity index (χ1v) is 10.6. The number of benzene rings is 2. The smallest absolute Gasteiger partial charge is 0.179 e. The Balaban J connectivity index is 1.48. The number of nitrogens with one attached hydrogen (secondary N) is 1. The van der Waals surface area contributed by atoms with E-state index in [-0.39, 0.29) is 6.29 Å². The van der Waals surface area contributed by atoms with Crippen LogP contribution in [0.5, 0.6) is 0 Å². The zero-order chi connectivity index (χ0) is 18.6. The molecule has 142 valence electrons.